The standard InChI is InChI=1S/C17H15Cl2NO5S/c1-10(16(21)20-12-5-3-11(18)4-6-12)25-17(22)14-9-13(26(2,23)24)7-8-15(14)19/h3-10H,1-2H3,(H,20,21)/t10-/m0/s1. The summed E-state index contributed by atoms with van der Waals surface area (Å²) in [5.41, 5.74) is 0.347. The monoisotopic (exact) mass is 415 g/mol. The molecule has 0 saturated heterocycles. The molecule has 2 aromatic rings. The molecule has 1 N–H and O–H groups in total. The number of carbonyl (C=O) groups excluding carboxylic acids is 2. The van der Waals surface area contributed by atoms with Gasteiger partial charge in [0, 0.05) is 17.0 Å². The third-order valence-electron chi connectivity index (χ3n) is 3.35. The number of anilines is 1. The van der Waals surface area contributed by atoms with Gasteiger partial charge in [0.25, 0.3) is 5.91 Å². The van der Waals surface area contributed by atoms with Crippen molar-refractivity contribution < 1.29 is 22.7 Å². The Bertz CT molecular complexity index is 942. The maximum absolute atomic E-state index is 12.3. The van der Waals surface area contributed by atoms with E-state index in [9.17, 15) is 18.0 Å². The zero-order chi connectivity index (χ0) is 19.5. The van der Waals surface area contributed by atoms with Crippen LogP contribution in [0, 0.1) is 0 Å². The highest BCUT2D eigenvalue weighted by molar-refractivity contribution is 7.90. The molecular formula is C17H15Cl2NO5S. The average Bonchev–Trinajstić information content (AvgIpc) is 2.56. The number of hydrogen-bond donors (Lipinski definition) is 1. The van der Waals surface area contributed by atoms with E-state index >= 15 is 0 Å². The van der Waals surface area contributed by atoms with Gasteiger partial charge < -0.3 is 10.1 Å². The van der Waals surface area contributed by atoms with Gasteiger partial charge in [-0.1, -0.05) is 23.2 Å². The van der Waals surface area contributed by atoms with Gasteiger partial charge in [-0.25, -0.2) is 13.2 Å². The topological polar surface area (TPSA) is 89.5 Å². The Morgan fingerprint density at radius 2 is 1.69 bits per heavy atom. The van der Waals surface area contributed by atoms with Gasteiger partial charge in [-0.3, -0.25) is 4.79 Å². The Morgan fingerprint density at radius 3 is 2.27 bits per heavy atom. The molecule has 26 heavy (non-hydrogen) atoms. The lowest BCUT2D eigenvalue weighted by Gasteiger charge is -2.14. The van der Waals surface area contributed by atoms with E-state index in [1.807, 2.05) is 0 Å². The van der Waals surface area contributed by atoms with E-state index in [1.165, 1.54) is 19.1 Å². The Balaban J connectivity index is 2.11. The highest BCUT2D eigenvalue weighted by atomic mass is 35.5. The molecule has 0 spiro atoms. The summed E-state index contributed by atoms with van der Waals surface area (Å²) in [4.78, 5) is 24.3. The average molecular weight is 416 g/mol. The fourth-order valence-electron chi connectivity index (χ4n) is 1.95. The van der Waals surface area contributed by atoms with Crippen LogP contribution in [0.25, 0.3) is 0 Å². The van der Waals surface area contributed by atoms with E-state index < -0.39 is 27.8 Å². The smallest absolute Gasteiger partial charge is 0.340 e. The zero-order valence-electron chi connectivity index (χ0n) is 13.8. The second-order valence-electron chi connectivity index (χ2n) is 5.46. The first kappa shape index (κ1) is 20.2. The number of esters is 1. The minimum Gasteiger partial charge on any atom is -0.449 e. The lowest BCUT2D eigenvalue weighted by molar-refractivity contribution is -0.123. The third kappa shape index (κ3) is 5.20. The van der Waals surface area contributed by atoms with Gasteiger partial charge in [0.05, 0.1) is 15.5 Å². The minimum atomic E-state index is -3.52. The van der Waals surface area contributed by atoms with Gasteiger partial charge >= 0.3 is 5.97 Å². The summed E-state index contributed by atoms with van der Waals surface area (Å²) in [5.74, 6) is -1.46. The van der Waals surface area contributed by atoms with Gasteiger partial charge in [-0.05, 0) is 49.4 Å². The van der Waals surface area contributed by atoms with E-state index in [-0.39, 0.29) is 15.5 Å². The van der Waals surface area contributed by atoms with Crippen molar-refractivity contribution >= 4 is 50.6 Å². The van der Waals surface area contributed by atoms with E-state index in [0.29, 0.717) is 10.7 Å². The van der Waals surface area contributed by atoms with Gasteiger partial charge in [-0.2, -0.15) is 0 Å². The number of carbonyl (C=O) groups is 2. The Hall–Kier alpha value is -2.09. The molecule has 0 aliphatic carbocycles. The summed E-state index contributed by atoms with van der Waals surface area (Å²) in [6.07, 6.45) is -0.121. The molecular weight excluding hydrogens is 401 g/mol. The van der Waals surface area contributed by atoms with Crippen LogP contribution in [-0.4, -0.2) is 32.7 Å². The molecule has 0 aliphatic heterocycles. The number of amides is 1. The maximum atomic E-state index is 12.3. The third-order valence-corrected chi connectivity index (χ3v) is 5.04. The highest BCUT2D eigenvalue weighted by Gasteiger charge is 2.22. The van der Waals surface area contributed by atoms with E-state index in [2.05, 4.69) is 5.32 Å². The van der Waals surface area contributed by atoms with Crippen molar-refractivity contribution in [2.75, 3.05) is 11.6 Å². The summed E-state index contributed by atoms with van der Waals surface area (Å²) in [5, 5.41) is 3.11. The highest BCUT2D eigenvalue weighted by Crippen LogP contribution is 2.22. The molecule has 1 atom stereocenters. The van der Waals surface area contributed by atoms with Crippen LogP contribution in [0.15, 0.2) is 47.4 Å². The molecule has 0 radical (unpaired) electrons. The van der Waals surface area contributed by atoms with Crippen molar-refractivity contribution in [2.24, 2.45) is 0 Å². The summed E-state index contributed by atoms with van der Waals surface area (Å²) < 4.78 is 28.3. The summed E-state index contributed by atoms with van der Waals surface area (Å²) in [6.45, 7) is 1.39. The number of rotatable bonds is 5. The Kier molecular flexibility index (Phi) is 6.28. The van der Waals surface area contributed by atoms with Crippen molar-refractivity contribution in [3.63, 3.8) is 0 Å². The van der Waals surface area contributed by atoms with Crippen LogP contribution < -0.4 is 5.32 Å². The van der Waals surface area contributed by atoms with Crippen molar-refractivity contribution in [1.29, 1.82) is 0 Å². The summed E-state index contributed by atoms with van der Waals surface area (Å²) in [7, 11) is -3.52. The molecule has 6 nitrogen and oxygen atoms in total. The number of sulfone groups is 1. The van der Waals surface area contributed by atoms with Crippen molar-refractivity contribution in [2.45, 2.75) is 17.9 Å². The Labute approximate surface area is 161 Å². The van der Waals surface area contributed by atoms with E-state index in [4.69, 9.17) is 27.9 Å². The largest absolute Gasteiger partial charge is 0.449 e. The van der Waals surface area contributed by atoms with Crippen LogP contribution in [0.5, 0.6) is 0 Å². The molecule has 0 aromatic heterocycles. The molecule has 2 aromatic carbocycles. The van der Waals surface area contributed by atoms with Gasteiger partial charge in [0.1, 0.15) is 0 Å². The van der Waals surface area contributed by atoms with Crippen LogP contribution in [0.2, 0.25) is 10.0 Å². The lowest BCUT2D eigenvalue weighted by Crippen LogP contribution is -2.30. The zero-order valence-corrected chi connectivity index (χ0v) is 16.2. The molecule has 1 amide bonds. The van der Waals surface area contributed by atoms with Crippen LogP contribution >= 0.6 is 23.2 Å². The lowest BCUT2D eigenvalue weighted by atomic mass is 10.2. The predicted molar refractivity (Wildman–Crippen MR) is 99.5 cm³/mol. The molecule has 0 fully saturated rings. The number of halogens is 2. The van der Waals surface area contributed by atoms with E-state index in [0.717, 1.165) is 12.3 Å². The number of ether oxygens (including phenoxy) is 1. The molecule has 0 saturated carbocycles. The van der Waals surface area contributed by atoms with Gasteiger partial charge in [-0.15, -0.1) is 0 Å². The molecule has 0 aliphatic rings. The van der Waals surface area contributed by atoms with Crippen molar-refractivity contribution in [3.05, 3.63) is 58.1 Å². The van der Waals surface area contributed by atoms with Crippen molar-refractivity contribution in [1.82, 2.24) is 0 Å². The number of hydrogen-bond acceptors (Lipinski definition) is 5. The maximum Gasteiger partial charge on any atom is 0.340 e. The van der Waals surface area contributed by atoms with Gasteiger partial charge in [0.15, 0.2) is 15.9 Å². The molecule has 9 heteroatoms. The number of benzene rings is 2. The second-order valence-corrected chi connectivity index (χ2v) is 8.32. The summed E-state index contributed by atoms with van der Waals surface area (Å²) >= 11 is 11.7. The fourth-order valence-corrected chi connectivity index (χ4v) is 2.91. The quantitative estimate of drug-likeness (QED) is 0.753. The minimum absolute atomic E-state index is 0.0210. The molecule has 138 valence electrons. The van der Waals surface area contributed by atoms with Crippen LogP contribution in [0.1, 0.15) is 17.3 Å². The summed E-state index contributed by atoms with van der Waals surface area (Å²) in [6, 6.07) is 10.1. The first-order valence-corrected chi connectivity index (χ1v) is 9.99. The second kappa shape index (κ2) is 8.07. The normalized spacial score (nSPS) is 12.3. The van der Waals surface area contributed by atoms with Crippen molar-refractivity contribution in [3.8, 4) is 0 Å². The molecule has 0 bridgehead atoms. The molecule has 0 unspecified atom stereocenters. The first-order valence-electron chi connectivity index (χ1n) is 7.35. The molecule has 0 heterocycles. The molecule has 2 rings (SSSR count). The van der Waals surface area contributed by atoms with E-state index in [1.54, 1.807) is 24.3 Å². The SMILES string of the molecule is C[C@H](OC(=O)c1cc(S(C)(=O)=O)ccc1Cl)C(=O)Nc1ccc(Cl)cc1. The first-order chi connectivity index (χ1) is 12.1. The predicted octanol–water partition coefficient (Wildman–Crippen LogP) is 3.58. The van der Waals surface area contributed by atoms with Crippen LogP contribution in [-0.2, 0) is 19.4 Å². The fraction of sp³-hybridized carbons (Fsp3) is 0.176. The van der Waals surface area contributed by atoms with Crippen LogP contribution in [0.3, 0.4) is 0 Å². The number of nitrogens with one attached hydrogen (secondary N) is 1. The van der Waals surface area contributed by atoms with Gasteiger partial charge in [0.2, 0.25) is 0 Å². The van der Waals surface area contributed by atoms with Crippen LogP contribution in [0.4, 0.5) is 5.69 Å². The Morgan fingerprint density at radius 1 is 1.08 bits per heavy atom.